The molecule has 6 rings (SSSR count). The van der Waals surface area contributed by atoms with Crippen LogP contribution in [0.25, 0.3) is 0 Å². The molecular weight excluding hydrogens is 753 g/mol. The highest BCUT2D eigenvalue weighted by Gasteiger charge is 2.40. The molecule has 1 aliphatic heterocycles. The minimum atomic E-state index is -4.45. The number of benzene rings is 3. The van der Waals surface area contributed by atoms with Gasteiger partial charge in [0.2, 0.25) is 5.91 Å². The van der Waals surface area contributed by atoms with Gasteiger partial charge in [0.05, 0.1) is 31.6 Å². The van der Waals surface area contributed by atoms with Crippen LogP contribution in [0.3, 0.4) is 0 Å². The first-order valence-electron chi connectivity index (χ1n) is 19.8. The molecule has 3 heterocycles. The average Bonchev–Trinajstić information content (AvgIpc) is 3.26. The number of nitrogens with zero attached hydrogens (tertiary/aromatic N) is 4. The van der Waals surface area contributed by atoms with E-state index in [0.29, 0.717) is 57.6 Å². The monoisotopic (exact) mass is 804 g/mol. The number of carbonyl (C=O) groups is 2. The summed E-state index contributed by atoms with van der Waals surface area (Å²) in [5, 5.41) is -1.78. The second-order valence-corrected chi connectivity index (χ2v) is 16.6. The van der Waals surface area contributed by atoms with Gasteiger partial charge in [-0.3, -0.25) is 24.5 Å². The van der Waals surface area contributed by atoms with Crippen molar-refractivity contribution >= 4 is 21.7 Å². The number of piperazine rings is 1. The Balaban J connectivity index is 1.21. The second kappa shape index (κ2) is 20.7. The molecule has 3 aromatic carbocycles. The van der Waals surface area contributed by atoms with Crippen molar-refractivity contribution in [2.45, 2.75) is 67.2 Å². The lowest BCUT2D eigenvalue weighted by molar-refractivity contribution is -0.151. The van der Waals surface area contributed by atoms with E-state index < -0.39 is 39.5 Å². The quantitative estimate of drug-likeness (QED) is 0.0812. The Labute approximate surface area is 341 Å². The van der Waals surface area contributed by atoms with Crippen LogP contribution in [0, 0.1) is 0 Å². The number of sulfone groups is 1. The molecule has 304 valence electrons. The van der Waals surface area contributed by atoms with Gasteiger partial charge >= 0.3 is 5.97 Å². The van der Waals surface area contributed by atoms with E-state index in [9.17, 15) is 18.0 Å². The minimum Gasteiger partial charge on any atom is -0.493 e. The predicted octanol–water partition coefficient (Wildman–Crippen LogP) is 6.92. The van der Waals surface area contributed by atoms with Crippen LogP contribution in [-0.4, -0.2) is 91.8 Å². The molecule has 1 saturated heterocycles. The first-order chi connectivity index (χ1) is 28.3. The van der Waals surface area contributed by atoms with E-state index in [4.69, 9.17) is 14.2 Å². The van der Waals surface area contributed by atoms with Crippen LogP contribution in [0.2, 0.25) is 0 Å². The van der Waals surface area contributed by atoms with Gasteiger partial charge in [-0.15, -0.1) is 0 Å². The summed E-state index contributed by atoms with van der Waals surface area (Å²) in [4.78, 5) is 40.7. The molecule has 0 radical (unpaired) electrons. The molecule has 2 aromatic heterocycles. The van der Waals surface area contributed by atoms with Crippen LogP contribution >= 0.6 is 0 Å². The summed E-state index contributed by atoms with van der Waals surface area (Å²) in [5.41, 5.74) is 4.41. The Hall–Kier alpha value is -5.59. The van der Waals surface area contributed by atoms with Gasteiger partial charge in [-0.05, 0) is 85.0 Å². The molecule has 5 aromatic rings. The molecule has 0 spiro atoms. The van der Waals surface area contributed by atoms with Gasteiger partial charge in [-0.25, -0.2) is 8.42 Å². The number of aryl methyl sites for hydroxylation is 2. The van der Waals surface area contributed by atoms with E-state index in [0.717, 1.165) is 35.1 Å². The number of pyridine rings is 2. The number of rotatable bonds is 19. The highest BCUT2D eigenvalue weighted by atomic mass is 32.2. The Bertz CT molecular complexity index is 2070. The first kappa shape index (κ1) is 42.0. The lowest BCUT2D eigenvalue weighted by Crippen LogP contribution is -2.51. The zero-order valence-electron chi connectivity index (χ0n) is 33.2. The number of aromatic nitrogens is 2. The SMILES string of the molecule is COc1ccc(S(=O)(=O)C(CC(=O)N2CCN(C(c3ccccc3)c3ccccc3)CC2)C(=O)OC(CCCc2cccnc2)CCCc2cccnc2)cc1OC. The van der Waals surface area contributed by atoms with Crippen molar-refractivity contribution in [3.05, 3.63) is 150 Å². The molecule has 0 saturated carbocycles. The van der Waals surface area contributed by atoms with E-state index in [2.05, 4.69) is 39.1 Å². The van der Waals surface area contributed by atoms with E-state index in [1.807, 2.05) is 73.1 Å². The van der Waals surface area contributed by atoms with E-state index in [1.165, 1.54) is 32.4 Å². The fourth-order valence-corrected chi connectivity index (χ4v) is 9.07. The summed E-state index contributed by atoms with van der Waals surface area (Å²) in [6, 6.07) is 32.4. The zero-order chi connectivity index (χ0) is 40.7. The van der Waals surface area contributed by atoms with E-state index in [1.54, 1.807) is 17.3 Å². The largest absolute Gasteiger partial charge is 0.493 e. The molecule has 12 heteroatoms. The second-order valence-electron chi connectivity index (χ2n) is 14.5. The summed E-state index contributed by atoms with van der Waals surface area (Å²) in [6.45, 7) is 1.87. The van der Waals surface area contributed by atoms with Gasteiger partial charge < -0.3 is 19.1 Å². The molecule has 58 heavy (non-hydrogen) atoms. The van der Waals surface area contributed by atoms with E-state index >= 15 is 0 Å². The van der Waals surface area contributed by atoms with Crippen LogP contribution in [0.15, 0.2) is 133 Å². The Morgan fingerprint density at radius 3 is 1.74 bits per heavy atom. The fraction of sp³-hybridized carbons (Fsp3) is 0.348. The van der Waals surface area contributed by atoms with Gasteiger partial charge in [0.15, 0.2) is 26.6 Å². The van der Waals surface area contributed by atoms with Gasteiger partial charge in [0, 0.05) is 57.0 Å². The first-order valence-corrected chi connectivity index (χ1v) is 21.4. The molecule has 1 unspecified atom stereocenters. The third-order valence-electron chi connectivity index (χ3n) is 10.7. The van der Waals surface area contributed by atoms with Crippen molar-refractivity contribution in [3.8, 4) is 11.5 Å². The average molecular weight is 805 g/mol. The summed E-state index contributed by atoms with van der Waals surface area (Å²) in [5.74, 6) is -0.844. The van der Waals surface area contributed by atoms with Crippen molar-refractivity contribution < 1.29 is 32.2 Å². The number of hydrogen-bond donors (Lipinski definition) is 0. The molecule has 11 nitrogen and oxygen atoms in total. The third kappa shape index (κ3) is 11.1. The number of hydrogen-bond acceptors (Lipinski definition) is 10. The minimum absolute atomic E-state index is 0.0129. The number of esters is 1. The van der Waals surface area contributed by atoms with Crippen molar-refractivity contribution in [2.75, 3.05) is 40.4 Å². The maximum atomic E-state index is 14.5. The zero-order valence-corrected chi connectivity index (χ0v) is 34.0. The maximum absolute atomic E-state index is 14.5. The highest BCUT2D eigenvalue weighted by Crippen LogP contribution is 2.33. The van der Waals surface area contributed by atoms with E-state index in [-0.39, 0.29) is 16.7 Å². The van der Waals surface area contributed by atoms with Crippen LogP contribution < -0.4 is 9.47 Å². The molecule has 0 aliphatic carbocycles. The molecular formula is C46H52N4O7S. The van der Waals surface area contributed by atoms with Crippen molar-refractivity contribution in [1.29, 1.82) is 0 Å². The summed E-state index contributed by atoms with van der Waals surface area (Å²) >= 11 is 0. The van der Waals surface area contributed by atoms with Gasteiger partial charge in [0.1, 0.15) is 6.10 Å². The Kier molecular flexibility index (Phi) is 15.0. The summed E-state index contributed by atoms with van der Waals surface area (Å²) < 4.78 is 45.9. The fourth-order valence-electron chi connectivity index (χ4n) is 7.54. The van der Waals surface area contributed by atoms with Crippen molar-refractivity contribution in [3.63, 3.8) is 0 Å². The summed E-state index contributed by atoms with van der Waals surface area (Å²) in [6.07, 6.45) is 9.78. The van der Waals surface area contributed by atoms with Crippen molar-refractivity contribution in [1.82, 2.24) is 19.8 Å². The smallest absolute Gasteiger partial charge is 0.325 e. The lowest BCUT2D eigenvalue weighted by atomic mass is 9.96. The number of ether oxygens (including phenoxy) is 3. The normalized spacial score (nSPS) is 14.0. The van der Waals surface area contributed by atoms with Crippen LogP contribution in [0.4, 0.5) is 0 Å². The Morgan fingerprint density at radius 1 is 0.690 bits per heavy atom. The standard InChI is InChI=1S/C46H52N4O7S/c1-55-41-24-23-40(31-42(41)56-2)58(53,54)43(46(52)57-39(21-9-13-35-15-11-25-47-33-35)22-10-14-36-16-12-26-48-34-36)32-44(51)49-27-29-50(30-28-49)45(37-17-5-3-6-18-37)38-19-7-4-8-20-38/h3-8,11-12,15-20,23-26,31,33-34,39,43,45H,9-10,13-14,21-22,27-30,32H2,1-2H3. The molecule has 0 N–H and O–H groups in total. The van der Waals surface area contributed by atoms with Gasteiger partial charge in [-0.1, -0.05) is 72.8 Å². The van der Waals surface area contributed by atoms with Crippen LogP contribution in [0.1, 0.15) is 60.4 Å². The van der Waals surface area contributed by atoms with Gasteiger partial charge in [-0.2, -0.15) is 0 Å². The third-order valence-corrected chi connectivity index (χ3v) is 12.7. The summed E-state index contributed by atoms with van der Waals surface area (Å²) in [7, 11) is -1.58. The molecule has 1 fully saturated rings. The highest BCUT2D eigenvalue weighted by molar-refractivity contribution is 7.92. The van der Waals surface area contributed by atoms with Crippen LogP contribution in [0.5, 0.6) is 11.5 Å². The number of carbonyl (C=O) groups excluding carboxylic acids is 2. The van der Waals surface area contributed by atoms with Crippen molar-refractivity contribution in [2.24, 2.45) is 0 Å². The van der Waals surface area contributed by atoms with Crippen LogP contribution in [-0.2, 0) is 37.0 Å². The predicted molar refractivity (Wildman–Crippen MR) is 222 cm³/mol. The molecule has 1 aliphatic rings. The van der Waals surface area contributed by atoms with Gasteiger partial charge in [0.25, 0.3) is 0 Å². The number of amides is 1. The lowest BCUT2D eigenvalue weighted by Gasteiger charge is -2.40. The topological polar surface area (TPSA) is 128 Å². The maximum Gasteiger partial charge on any atom is 0.325 e. The molecule has 0 bridgehead atoms. The Morgan fingerprint density at radius 2 is 1.24 bits per heavy atom. The number of methoxy groups -OCH3 is 2. The molecule has 1 atom stereocenters. The molecule has 1 amide bonds.